The van der Waals surface area contributed by atoms with Crippen LogP contribution < -0.4 is 5.32 Å². The average Bonchev–Trinajstić information content (AvgIpc) is 3.19. The summed E-state index contributed by atoms with van der Waals surface area (Å²) in [4.78, 5) is 15.0. The predicted octanol–water partition coefficient (Wildman–Crippen LogP) is 2.46. The Labute approximate surface area is 158 Å². The number of rotatable bonds is 4. The van der Waals surface area contributed by atoms with Crippen molar-refractivity contribution in [2.24, 2.45) is 0 Å². The summed E-state index contributed by atoms with van der Waals surface area (Å²) in [5.41, 5.74) is 4.61. The van der Waals surface area contributed by atoms with E-state index in [-0.39, 0.29) is 5.91 Å². The van der Waals surface area contributed by atoms with Gasteiger partial charge in [0.05, 0.1) is 17.1 Å². The fourth-order valence-electron chi connectivity index (χ4n) is 3.77. The van der Waals surface area contributed by atoms with Crippen LogP contribution in [-0.2, 0) is 11.3 Å². The highest BCUT2D eigenvalue weighted by Gasteiger charge is 2.35. The lowest BCUT2D eigenvalue weighted by molar-refractivity contribution is -0.129. The Hall–Kier alpha value is -2.93. The molecule has 1 N–H and O–H groups in total. The molecule has 0 spiro atoms. The highest BCUT2D eigenvalue weighted by molar-refractivity contribution is 5.84. The Morgan fingerprint density at radius 2 is 2.00 bits per heavy atom. The van der Waals surface area contributed by atoms with Gasteiger partial charge < -0.3 is 9.84 Å². The third-order valence-electron chi connectivity index (χ3n) is 4.98. The van der Waals surface area contributed by atoms with E-state index in [0.717, 1.165) is 40.6 Å². The molecule has 1 atom stereocenters. The number of carbonyl (C=O) groups is 1. The number of amides is 1. The maximum Gasteiger partial charge on any atom is 0.242 e. The number of aryl methyl sites for hydroxylation is 2. The molecular weight excluding hydrogens is 342 g/mol. The molecule has 7 heteroatoms. The summed E-state index contributed by atoms with van der Waals surface area (Å²) >= 11 is 0. The summed E-state index contributed by atoms with van der Waals surface area (Å²) in [5.74, 6) is 0.771. The second-order valence-electron chi connectivity index (χ2n) is 6.92. The van der Waals surface area contributed by atoms with E-state index in [0.29, 0.717) is 13.1 Å². The Morgan fingerprint density at radius 1 is 1.22 bits per heavy atom. The molecule has 1 aliphatic heterocycles. The minimum absolute atomic E-state index is 0.000258. The number of nitrogens with one attached hydrogen (secondary N) is 1. The van der Waals surface area contributed by atoms with Gasteiger partial charge in [-0.2, -0.15) is 5.10 Å². The fraction of sp³-hybridized carbons (Fsp3) is 0.350. The molecule has 27 heavy (non-hydrogen) atoms. The number of benzene rings is 1. The third-order valence-corrected chi connectivity index (χ3v) is 4.98. The molecule has 7 nitrogen and oxygen atoms in total. The SMILES string of the molecule is Cc1cc(CN2CCNC(=O)C2c2c(C)nn(-c3ccccc3)c2C)no1. The smallest absolute Gasteiger partial charge is 0.242 e. The van der Waals surface area contributed by atoms with Gasteiger partial charge in [-0.25, -0.2) is 4.68 Å². The average molecular weight is 365 g/mol. The van der Waals surface area contributed by atoms with E-state index in [1.165, 1.54) is 0 Å². The number of nitrogens with zero attached hydrogens (tertiary/aromatic N) is 4. The van der Waals surface area contributed by atoms with Crippen molar-refractivity contribution in [3.63, 3.8) is 0 Å². The summed E-state index contributed by atoms with van der Waals surface area (Å²) in [6.07, 6.45) is 0. The molecule has 3 heterocycles. The zero-order valence-electron chi connectivity index (χ0n) is 15.8. The first-order valence-corrected chi connectivity index (χ1v) is 9.10. The van der Waals surface area contributed by atoms with Crippen LogP contribution in [0.2, 0.25) is 0 Å². The Morgan fingerprint density at radius 3 is 2.70 bits per heavy atom. The molecule has 1 saturated heterocycles. The van der Waals surface area contributed by atoms with Crippen LogP contribution >= 0.6 is 0 Å². The van der Waals surface area contributed by atoms with Crippen LogP contribution in [0.4, 0.5) is 0 Å². The molecular formula is C20H23N5O2. The van der Waals surface area contributed by atoms with Gasteiger partial charge in [-0.15, -0.1) is 0 Å². The largest absolute Gasteiger partial charge is 0.361 e. The summed E-state index contributed by atoms with van der Waals surface area (Å²) < 4.78 is 7.10. The van der Waals surface area contributed by atoms with E-state index < -0.39 is 6.04 Å². The van der Waals surface area contributed by atoms with Gasteiger partial charge in [0.25, 0.3) is 0 Å². The molecule has 1 aromatic carbocycles. The molecule has 0 bridgehead atoms. The molecule has 1 amide bonds. The van der Waals surface area contributed by atoms with Gasteiger partial charge in [0.1, 0.15) is 11.8 Å². The number of para-hydroxylation sites is 1. The molecule has 1 fully saturated rings. The number of piperazine rings is 1. The summed E-state index contributed by atoms with van der Waals surface area (Å²) in [7, 11) is 0. The van der Waals surface area contributed by atoms with E-state index in [9.17, 15) is 4.79 Å². The number of aromatic nitrogens is 3. The van der Waals surface area contributed by atoms with Crippen molar-refractivity contribution in [3.05, 3.63) is 64.8 Å². The minimum atomic E-state index is -0.395. The standard InChI is InChI=1S/C20H23N5O2/c1-13-11-16(23-27-13)12-24-10-9-21-20(26)19(24)18-14(2)22-25(15(18)3)17-7-5-4-6-8-17/h4-8,11,19H,9-10,12H2,1-3H3,(H,21,26). The van der Waals surface area contributed by atoms with Crippen molar-refractivity contribution in [3.8, 4) is 5.69 Å². The lowest BCUT2D eigenvalue weighted by Crippen LogP contribution is -2.49. The fourth-order valence-corrected chi connectivity index (χ4v) is 3.77. The zero-order chi connectivity index (χ0) is 19.0. The first kappa shape index (κ1) is 17.5. The molecule has 0 radical (unpaired) electrons. The number of hydrogen-bond acceptors (Lipinski definition) is 5. The molecule has 1 unspecified atom stereocenters. The Bertz CT molecular complexity index is 960. The van der Waals surface area contributed by atoms with E-state index in [1.54, 1.807) is 0 Å². The van der Waals surface area contributed by atoms with Gasteiger partial charge in [-0.1, -0.05) is 23.4 Å². The van der Waals surface area contributed by atoms with Crippen LogP contribution in [0, 0.1) is 20.8 Å². The molecule has 1 aliphatic rings. The van der Waals surface area contributed by atoms with Gasteiger partial charge in [-0.3, -0.25) is 9.69 Å². The van der Waals surface area contributed by atoms with E-state index in [4.69, 9.17) is 9.62 Å². The first-order valence-electron chi connectivity index (χ1n) is 9.10. The van der Waals surface area contributed by atoms with E-state index in [2.05, 4.69) is 15.4 Å². The predicted molar refractivity (Wildman–Crippen MR) is 100 cm³/mol. The summed E-state index contributed by atoms with van der Waals surface area (Å²) in [6, 6.07) is 11.5. The lowest BCUT2D eigenvalue weighted by atomic mass is 10.00. The highest BCUT2D eigenvalue weighted by Crippen LogP contribution is 2.31. The van der Waals surface area contributed by atoms with Crippen molar-refractivity contribution in [2.45, 2.75) is 33.4 Å². The minimum Gasteiger partial charge on any atom is -0.361 e. The monoisotopic (exact) mass is 365 g/mol. The number of carbonyl (C=O) groups excluding carboxylic acids is 1. The van der Waals surface area contributed by atoms with Gasteiger partial charge in [0.15, 0.2) is 0 Å². The second-order valence-corrected chi connectivity index (χ2v) is 6.92. The normalized spacial score (nSPS) is 17.9. The topological polar surface area (TPSA) is 76.2 Å². The van der Waals surface area contributed by atoms with Crippen LogP contribution in [0.25, 0.3) is 5.69 Å². The van der Waals surface area contributed by atoms with Crippen LogP contribution in [0.1, 0.15) is 34.4 Å². The lowest BCUT2D eigenvalue weighted by Gasteiger charge is -2.34. The van der Waals surface area contributed by atoms with E-state index >= 15 is 0 Å². The quantitative estimate of drug-likeness (QED) is 0.769. The maximum atomic E-state index is 12.8. The van der Waals surface area contributed by atoms with Gasteiger partial charge in [-0.05, 0) is 32.9 Å². The van der Waals surface area contributed by atoms with Crippen molar-refractivity contribution < 1.29 is 9.32 Å². The van der Waals surface area contributed by atoms with E-state index in [1.807, 2.05) is 61.9 Å². The van der Waals surface area contributed by atoms with Crippen LogP contribution in [0.3, 0.4) is 0 Å². The van der Waals surface area contributed by atoms with Gasteiger partial charge >= 0.3 is 0 Å². The van der Waals surface area contributed by atoms with Crippen molar-refractivity contribution >= 4 is 5.91 Å². The van der Waals surface area contributed by atoms with Crippen LogP contribution in [0.15, 0.2) is 40.9 Å². The molecule has 140 valence electrons. The molecule has 2 aromatic heterocycles. The van der Waals surface area contributed by atoms with Crippen molar-refractivity contribution in [2.75, 3.05) is 13.1 Å². The molecule has 4 rings (SSSR count). The van der Waals surface area contributed by atoms with Crippen LogP contribution in [-0.4, -0.2) is 38.8 Å². The highest BCUT2D eigenvalue weighted by atomic mass is 16.5. The summed E-state index contributed by atoms with van der Waals surface area (Å²) in [5, 5.41) is 11.8. The Balaban J connectivity index is 1.72. The zero-order valence-corrected chi connectivity index (χ0v) is 15.8. The molecule has 0 saturated carbocycles. The summed E-state index contributed by atoms with van der Waals surface area (Å²) in [6.45, 7) is 7.78. The molecule has 0 aliphatic carbocycles. The Kier molecular flexibility index (Phi) is 4.53. The number of hydrogen-bond donors (Lipinski definition) is 1. The van der Waals surface area contributed by atoms with Gasteiger partial charge in [0.2, 0.25) is 5.91 Å². The maximum absolute atomic E-state index is 12.8. The van der Waals surface area contributed by atoms with Crippen LogP contribution in [0.5, 0.6) is 0 Å². The van der Waals surface area contributed by atoms with Gasteiger partial charge in [0, 0.05) is 37.0 Å². The molecule has 3 aromatic rings. The first-order chi connectivity index (χ1) is 13.0. The van der Waals surface area contributed by atoms with Crippen molar-refractivity contribution in [1.82, 2.24) is 25.2 Å². The third kappa shape index (κ3) is 3.26. The van der Waals surface area contributed by atoms with Crippen molar-refractivity contribution in [1.29, 1.82) is 0 Å². The second kappa shape index (κ2) is 7.00.